The Morgan fingerprint density at radius 3 is 2.42 bits per heavy atom. The van der Waals surface area contributed by atoms with Crippen LogP contribution in [0.3, 0.4) is 0 Å². The number of sulfone groups is 1. The van der Waals surface area contributed by atoms with Crippen LogP contribution in [0.1, 0.15) is 23.7 Å². The Morgan fingerprint density at radius 2 is 1.92 bits per heavy atom. The molecule has 1 aromatic heterocycles. The molecule has 3 heterocycles. The number of anilines is 1. The van der Waals surface area contributed by atoms with Crippen molar-refractivity contribution in [3.05, 3.63) is 18.0 Å². The Morgan fingerprint density at radius 1 is 1.27 bits per heavy atom. The van der Waals surface area contributed by atoms with E-state index in [0.717, 1.165) is 6.41 Å². The molecule has 2 fully saturated rings. The number of piperazine rings is 1. The van der Waals surface area contributed by atoms with E-state index in [1.807, 2.05) is 11.8 Å². The molecule has 2 saturated heterocycles. The lowest BCUT2D eigenvalue weighted by molar-refractivity contribution is -0.119. The zero-order valence-electron chi connectivity index (χ0n) is 14.7. The Kier molecular flexibility index (Phi) is 5.40. The molecule has 1 atom stereocenters. The van der Waals surface area contributed by atoms with Crippen molar-refractivity contribution in [2.24, 2.45) is 0 Å². The molecule has 0 aliphatic carbocycles. The minimum Gasteiger partial charge on any atom is -0.342 e. The fourth-order valence-electron chi connectivity index (χ4n) is 3.38. The second-order valence-corrected chi connectivity index (χ2v) is 8.78. The number of carbonyl (C=O) groups is 2. The van der Waals surface area contributed by atoms with Gasteiger partial charge in [-0.1, -0.05) is 0 Å². The lowest BCUT2D eigenvalue weighted by atomic mass is 10.2. The van der Waals surface area contributed by atoms with E-state index in [9.17, 15) is 18.0 Å². The highest BCUT2D eigenvalue weighted by atomic mass is 32.2. The van der Waals surface area contributed by atoms with Crippen LogP contribution in [0.4, 0.5) is 5.95 Å². The molecular formula is C16H23N5O4S. The molecule has 1 aromatic rings. The monoisotopic (exact) mass is 381 g/mol. The number of aromatic nitrogens is 2. The van der Waals surface area contributed by atoms with E-state index in [1.165, 1.54) is 12.4 Å². The van der Waals surface area contributed by atoms with Crippen LogP contribution in [0.15, 0.2) is 12.4 Å². The van der Waals surface area contributed by atoms with E-state index in [2.05, 4.69) is 9.97 Å². The second-order valence-electron chi connectivity index (χ2n) is 6.55. The van der Waals surface area contributed by atoms with Gasteiger partial charge >= 0.3 is 0 Å². The first-order valence-electron chi connectivity index (χ1n) is 8.71. The fourth-order valence-corrected chi connectivity index (χ4v) is 5.11. The van der Waals surface area contributed by atoms with Crippen molar-refractivity contribution in [1.82, 2.24) is 19.8 Å². The van der Waals surface area contributed by atoms with Gasteiger partial charge in [-0.05, 0) is 13.3 Å². The number of hydrogen-bond acceptors (Lipinski definition) is 7. The first-order chi connectivity index (χ1) is 12.4. The van der Waals surface area contributed by atoms with Gasteiger partial charge in [0.05, 0.1) is 17.1 Å². The van der Waals surface area contributed by atoms with Crippen molar-refractivity contribution in [1.29, 1.82) is 0 Å². The van der Waals surface area contributed by atoms with Gasteiger partial charge in [-0.3, -0.25) is 9.59 Å². The minimum atomic E-state index is -2.99. The van der Waals surface area contributed by atoms with Crippen molar-refractivity contribution < 1.29 is 18.0 Å². The largest absolute Gasteiger partial charge is 0.342 e. The summed E-state index contributed by atoms with van der Waals surface area (Å²) in [6.45, 7) is 4.55. The first-order valence-corrected chi connectivity index (χ1v) is 10.5. The molecule has 2 aliphatic heterocycles. The third-order valence-corrected chi connectivity index (χ3v) is 6.63. The van der Waals surface area contributed by atoms with E-state index >= 15 is 0 Å². The molecule has 142 valence electrons. The highest BCUT2D eigenvalue weighted by Gasteiger charge is 2.33. The van der Waals surface area contributed by atoms with Crippen molar-refractivity contribution in [3.8, 4) is 0 Å². The maximum absolute atomic E-state index is 12.5. The van der Waals surface area contributed by atoms with Gasteiger partial charge in [0.1, 0.15) is 0 Å². The van der Waals surface area contributed by atoms with E-state index in [0.29, 0.717) is 50.7 Å². The number of hydrogen-bond donors (Lipinski definition) is 0. The molecule has 0 spiro atoms. The lowest BCUT2D eigenvalue weighted by Crippen LogP contribution is -2.48. The molecule has 2 aliphatic rings. The van der Waals surface area contributed by atoms with Gasteiger partial charge in [0.15, 0.2) is 9.84 Å². The van der Waals surface area contributed by atoms with Crippen LogP contribution >= 0.6 is 0 Å². The number of carbonyl (C=O) groups excluding carboxylic acids is 2. The van der Waals surface area contributed by atoms with E-state index in [-0.39, 0.29) is 23.5 Å². The summed E-state index contributed by atoms with van der Waals surface area (Å²) in [5.74, 6) is 0.592. The Hall–Kier alpha value is -2.23. The van der Waals surface area contributed by atoms with Gasteiger partial charge in [0.25, 0.3) is 5.91 Å². The van der Waals surface area contributed by atoms with Crippen LogP contribution in [0.25, 0.3) is 0 Å². The molecule has 1 unspecified atom stereocenters. The molecule has 10 heteroatoms. The topological polar surface area (TPSA) is 104 Å². The summed E-state index contributed by atoms with van der Waals surface area (Å²) in [4.78, 5) is 37.1. The second kappa shape index (κ2) is 7.56. The molecule has 9 nitrogen and oxygen atoms in total. The molecule has 0 aromatic carbocycles. The summed E-state index contributed by atoms with van der Waals surface area (Å²) >= 11 is 0. The Balaban J connectivity index is 1.67. The van der Waals surface area contributed by atoms with Crippen LogP contribution < -0.4 is 4.90 Å². The Labute approximate surface area is 152 Å². The van der Waals surface area contributed by atoms with Crippen LogP contribution in [-0.2, 0) is 14.6 Å². The molecule has 0 N–H and O–H groups in total. The maximum Gasteiger partial charge on any atom is 0.257 e. The highest BCUT2D eigenvalue weighted by Crippen LogP contribution is 2.21. The average molecular weight is 381 g/mol. The van der Waals surface area contributed by atoms with Crippen LogP contribution in [0.2, 0.25) is 0 Å². The lowest BCUT2D eigenvalue weighted by Gasteiger charge is -2.32. The summed E-state index contributed by atoms with van der Waals surface area (Å²) < 4.78 is 23.4. The average Bonchev–Trinajstić information content (AvgIpc) is 3.02. The first kappa shape index (κ1) is 18.6. The van der Waals surface area contributed by atoms with Gasteiger partial charge in [0, 0.05) is 51.2 Å². The highest BCUT2D eigenvalue weighted by molar-refractivity contribution is 7.91. The Bertz CT molecular complexity index is 759. The predicted octanol–water partition coefficient (Wildman–Crippen LogP) is -0.596. The van der Waals surface area contributed by atoms with Crippen LogP contribution in [-0.4, -0.2) is 90.8 Å². The molecule has 0 saturated carbocycles. The molecule has 3 rings (SSSR count). The number of rotatable bonds is 5. The summed E-state index contributed by atoms with van der Waals surface area (Å²) in [7, 11) is -2.99. The number of nitrogens with zero attached hydrogens (tertiary/aromatic N) is 5. The SMILES string of the molecule is CCN(c1ncc(C(=O)N2CCN(C=O)CC2)cn1)C1CCS(=O)(=O)C1. The van der Waals surface area contributed by atoms with Crippen molar-refractivity contribution in [2.45, 2.75) is 19.4 Å². The van der Waals surface area contributed by atoms with Gasteiger partial charge in [-0.25, -0.2) is 18.4 Å². The summed E-state index contributed by atoms with van der Waals surface area (Å²) in [6, 6.07) is -0.122. The molecule has 0 bridgehead atoms. The summed E-state index contributed by atoms with van der Waals surface area (Å²) in [5, 5.41) is 0. The van der Waals surface area contributed by atoms with Crippen molar-refractivity contribution in [2.75, 3.05) is 49.1 Å². The third kappa shape index (κ3) is 3.95. The smallest absolute Gasteiger partial charge is 0.257 e. The van der Waals surface area contributed by atoms with Gasteiger partial charge in [-0.2, -0.15) is 0 Å². The molecule has 0 radical (unpaired) electrons. The summed E-state index contributed by atoms with van der Waals surface area (Å²) in [5.41, 5.74) is 0.392. The zero-order chi connectivity index (χ0) is 18.7. The maximum atomic E-state index is 12.5. The molecule has 2 amide bonds. The van der Waals surface area contributed by atoms with E-state index in [1.54, 1.807) is 9.80 Å². The van der Waals surface area contributed by atoms with E-state index < -0.39 is 9.84 Å². The zero-order valence-corrected chi connectivity index (χ0v) is 15.6. The van der Waals surface area contributed by atoms with Crippen molar-refractivity contribution >= 4 is 28.1 Å². The minimum absolute atomic E-state index is 0.117. The van der Waals surface area contributed by atoms with E-state index in [4.69, 9.17) is 0 Å². The fraction of sp³-hybridized carbons (Fsp3) is 0.625. The third-order valence-electron chi connectivity index (χ3n) is 4.88. The summed E-state index contributed by atoms with van der Waals surface area (Å²) in [6.07, 6.45) is 4.34. The quantitative estimate of drug-likeness (QED) is 0.628. The van der Waals surface area contributed by atoms with Crippen LogP contribution in [0.5, 0.6) is 0 Å². The van der Waals surface area contributed by atoms with Gasteiger partial charge in [-0.15, -0.1) is 0 Å². The normalized spacial score (nSPS) is 22.3. The standard InChI is InChI=1S/C16H23N5O4S/c1-2-21(14-3-8-26(24,25)11-14)16-17-9-13(10-18-16)15(23)20-6-4-19(12-22)5-7-20/h9-10,12,14H,2-8,11H2,1H3. The molecule has 26 heavy (non-hydrogen) atoms. The number of amides is 2. The van der Waals surface area contributed by atoms with Gasteiger partial charge < -0.3 is 14.7 Å². The van der Waals surface area contributed by atoms with Crippen molar-refractivity contribution in [3.63, 3.8) is 0 Å². The van der Waals surface area contributed by atoms with Gasteiger partial charge in [0.2, 0.25) is 12.4 Å². The predicted molar refractivity (Wildman–Crippen MR) is 95.7 cm³/mol. The molecular weight excluding hydrogens is 358 g/mol. The van der Waals surface area contributed by atoms with Crippen LogP contribution in [0, 0.1) is 0 Å².